The highest BCUT2D eigenvalue weighted by atomic mass is 32.2. The highest BCUT2D eigenvalue weighted by molar-refractivity contribution is 7.99. The van der Waals surface area contributed by atoms with E-state index in [0.717, 1.165) is 34.7 Å². The van der Waals surface area contributed by atoms with Crippen LogP contribution in [0.3, 0.4) is 0 Å². The van der Waals surface area contributed by atoms with Crippen LogP contribution in [0.25, 0.3) is 5.69 Å². The molecule has 1 aliphatic heterocycles. The van der Waals surface area contributed by atoms with Crippen molar-refractivity contribution in [3.8, 4) is 11.4 Å². The summed E-state index contributed by atoms with van der Waals surface area (Å²) >= 11 is 1.80. The molecular weight excluding hydrogens is 334 g/mol. The van der Waals surface area contributed by atoms with E-state index in [0.29, 0.717) is 12.6 Å². The van der Waals surface area contributed by atoms with Crippen molar-refractivity contribution in [2.75, 3.05) is 33.0 Å². The van der Waals surface area contributed by atoms with Crippen LogP contribution in [0, 0.1) is 0 Å². The third kappa shape index (κ3) is 4.16. The molecule has 0 bridgehead atoms. The van der Waals surface area contributed by atoms with Crippen molar-refractivity contribution < 1.29 is 4.74 Å². The molecule has 1 atom stereocenters. The monoisotopic (exact) mass is 361 g/mol. The second kappa shape index (κ2) is 8.69. The molecule has 6 nitrogen and oxygen atoms in total. The molecule has 1 saturated heterocycles. The first kappa shape index (κ1) is 18.2. The largest absolute Gasteiger partial charge is 0.497 e. The Morgan fingerprint density at radius 2 is 2.24 bits per heavy atom. The molecule has 1 aliphatic rings. The Bertz CT molecular complexity index is 690. The van der Waals surface area contributed by atoms with E-state index < -0.39 is 0 Å². The van der Waals surface area contributed by atoms with Gasteiger partial charge < -0.3 is 10.1 Å². The first-order valence-corrected chi connectivity index (χ1v) is 9.85. The summed E-state index contributed by atoms with van der Waals surface area (Å²) in [6, 6.07) is 8.69. The van der Waals surface area contributed by atoms with Gasteiger partial charge >= 0.3 is 0 Å². The summed E-state index contributed by atoms with van der Waals surface area (Å²) in [4.78, 5) is 2.56. The van der Waals surface area contributed by atoms with Crippen molar-refractivity contribution >= 4 is 11.8 Å². The molecule has 0 aliphatic carbocycles. The minimum Gasteiger partial charge on any atom is -0.497 e. The molecule has 7 heteroatoms. The van der Waals surface area contributed by atoms with Crippen LogP contribution in [0.1, 0.15) is 25.6 Å². The fraction of sp³-hybridized carbons (Fsp3) is 0.556. The van der Waals surface area contributed by atoms with Gasteiger partial charge in [-0.05, 0) is 45.1 Å². The summed E-state index contributed by atoms with van der Waals surface area (Å²) in [6.07, 6.45) is 2.57. The van der Waals surface area contributed by atoms with E-state index in [4.69, 9.17) is 4.74 Å². The third-order valence-corrected chi connectivity index (χ3v) is 5.73. The summed E-state index contributed by atoms with van der Waals surface area (Å²) in [5.41, 5.74) is 1.04. The topological polar surface area (TPSA) is 55.2 Å². The zero-order valence-electron chi connectivity index (χ0n) is 15.2. The van der Waals surface area contributed by atoms with Crippen LogP contribution in [-0.2, 0) is 6.54 Å². The fourth-order valence-electron chi connectivity index (χ4n) is 3.35. The molecule has 1 fully saturated rings. The van der Waals surface area contributed by atoms with E-state index >= 15 is 0 Å². The molecule has 0 spiro atoms. The molecule has 2 heterocycles. The van der Waals surface area contributed by atoms with Gasteiger partial charge in [0.1, 0.15) is 5.75 Å². The number of nitrogens with zero attached hydrogens (tertiary/aromatic N) is 4. The van der Waals surface area contributed by atoms with E-state index in [1.807, 2.05) is 25.2 Å². The Morgan fingerprint density at radius 3 is 3.00 bits per heavy atom. The lowest BCUT2D eigenvalue weighted by molar-refractivity contribution is 0.287. The molecule has 1 unspecified atom stereocenters. The van der Waals surface area contributed by atoms with Gasteiger partial charge in [-0.3, -0.25) is 9.47 Å². The van der Waals surface area contributed by atoms with E-state index in [1.165, 1.54) is 19.4 Å². The second-order valence-corrected chi connectivity index (χ2v) is 7.19. The van der Waals surface area contributed by atoms with Crippen LogP contribution in [-0.4, -0.2) is 58.7 Å². The van der Waals surface area contributed by atoms with Gasteiger partial charge in [-0.2, -0.15) is 0 Å². The third-order valence-electron chi connectivity index (χ3n) is 4.66. The van der Waals surface area contributed by atoms with Gasteiger partial charge in [0.15, 0.2) is 11.0 Å². The quantitative estimate of drug-likeness (QED) is 0.730. The van der Waals surface area contributed by atoms with Crippen LogP contribution in [0.4, 0.5) is 0 Å². The van der Waals surface area contributed by atoms with Crippen molar-refractivity contribution in [1.29, 1.82) is 0 Å². The molecule has 25 heavy (non-hydrogen) atoms. The van der Waals surface area contributed by atoms with Gasteiger partial charge in [-0.25, -0.2) is 0 Å². The van der Waals surface area contributed by atoms with Gasteiger partial charge in [-0.1, -0.05) is 24.8 Å². The van der Waals surface area contributed by atoms with E-state index in [1.54, 1.807) is 18.9 Å². The molecule has 1 aromatic heterocycles. The number of rotatable bonds is 8. The summed E-state index contributed by atoms with van der Waals surface area (Å²) in [5.74, 6) is 2.80. The standard InChI is InChI=1S/C18H27N5OS/c1-4-22-10-6-8-15(22)13-25-18-21-20-17(12-19-2)23(18)14-7-5-9-16(11-14)24-3/h5,7,9,11,15,19H,4,6,8,10,12-13H2,1-3H3. The van der Waals surface area contributed by atoms with Gasteiger partial charge in [0.2, 0.25) is 0 Å². The van der Waals surface area contributed by atoms with E-state index in [2.05, 4.69) is 38.0 Å². The number of benzene rings is 1. The minimum atomic E-state index is 0.637. The highest BCUT2D eigenvalue weighted by Gasteiger charge is 2.24. The predicted molar refractivity (Wildman–Crippen MR) is 102 cm³/mol. The van der Waals surface area contributed by atoms with Gasteiger partial charge in [0, 0.05) is 17.9 Å². The minimum absolute atomic E-state index is 0.637. The number of methoxy groups -OCH3 is 1. The van der Waals surface area contributed by atoms with Crippen LogP contribution >= 0.6 is 11.8 Å². The number of ether oxygens (including phenoxy) is 1. The van der Waals surface area contributed by atoms with Crippen molar-refractivity contribution in [2.24, 2.45) is 0 Å². The first-order chi connectivity index (χ1) is 12.3. The summed E-state index contributed by atoms with van der Waals surface area (Å²) in [7, 11) is 3.62. The lowest BCUT2D eigenvalue weighted by Gasteiger charge is -2.22. The number of hydrogen-bond donors (Lipinski definition) is 1. The highest BCUT2D eigenvalue weighted by Crippen LogP contribution is 2.28. The number of hydrogen-bond acceptors (Lipinski definition) is 6. The Morgan fingerprint density at radius 1 is 1.36 bits per heavy atom. The molecule has 0 amide bonds. The smallest absolute Gasteiger partial charge is 0.195 e. The predicted octanol–water partition coefficient (Wildman–Crippen LogP) is 2.57. The maximum atomic E-state index is 5.38. The van der Waals surface area contributed by atoms with Crippen LogP contribution in [0.2, 0.25) is 0 Å². The van der Waals surface area contributed by atoms with Crippen LogP contribution in [0.15, 0.2) is 29.4 Å². The second-order valence-electron chi connectivity index (χ2n) is 6.20. The molecule has 0 radical (unpaired) electrons. The molecule has 1 aromatic carbocycles. The summed E-state index contributed by atoms with van der Waals surface area (Å²) in [5, 5.41) is 13.0. The number of thioether (sulfide) groups is 1. The lowest BCUT2D eigenvalue weighted by Crippen LogP contribution is -2.31. The fourth-order valence-corrected chi connectivity index (χ4v) is 4.50. The van der Waals surface area contributed by atoms with Gasteiger partial charge in [-0.15, -0.1) is 10.2 Å². The zero-order valence-corrected chi connectivity index (χ0v) is 16.1. The lowest BCUT2D eigenvalue weighted by atomic mass is 10.2. The number of aromatic nitrogens is 3. The zero-order chi connectivity index (χ0) is 17.6. The average molecular weight is 362 g/mol. The van der Waals surface area contributed by atoms with Crippen LogP contribution < -0.4 is 10.1 Å². The van der Waals surface area contributed by atoms with Crippen molar-refractivity contribution in [3.05, 3.63) is 30.1 Å². The molecule has 3 rings (SSSR count). The maximum absolute atomic E-state index is 5.38. The molecule has 0 saturated carbocycles. The summed E-state index contributed by atoms with van der Waals surface area (Å²) < 4.78 is 7.51. The average Bonchev–Trinajstić information content (AvgIpc) is 3.26. The van der Waals surface area contributed by atoms with Gasteiger partial charge in [0.05, 0.1) is 19.3 Å². The SMILES string of the molecule is CCN1CCCC1CSc1nnc(CNC)n1-c1cccc(OC)c1. The Balaban J connectivity index is 1.84. The Kier molecular flexibility index (Phi) is 6.34. The van der Waals surface area contributed by atoms with Gasteiger partial charge in [0.25, 0.3) is 0 Å². The van der Waals surface area contributed by atoms with Crippen molar-refractivity contribution in [3.63, 3.8) is 0 Å². The Labute approximate surface area is 154 Å². The molecule has 2 aromatic rings. The number of likely N-dealkylation sites (tertiary alicyclic amines) is 1. The Hall–Kier alpha value is -1.57. The molecule has 1 N–H and O–H groups in total. The van der Waals surface area contributed by atoms with E-state index in [-0.39, 0.29) is 0 Å². The summed E-state index contributed by atoms with van der Waals surface area (Å²) in [6.45, 7) is 5.26. The first-order valence-electron chi connectivity index (χ1n) is 8.87. The van der Waals surface area contributed by atoms with E-state index in [9.17, 15) is 0 Å². The van der Waals surface area contributed by atoms with Crippen LogP contribution in [0.5, 0.6) is 5.75 Å². The number of nitrogens with one attached hydrogen (secondary N) is 1. The van der Waals surface area contributed by atoms with Crippen molar-refractivity contribution in [1.82, 2.24) is 25.0 Å². The molecular formula is C18H27N5OS. The normalized spacial score (nSPS) is 18.0. The molecule has 136 valence electrons. The van der Waals surface area contributed by atoms with Crippen molar-refractivity contribution in [2.45, 2.75) is 37.5 Å². The maximum Gasteiger partial charge on any atom is 0.195 e.